The monoisotopic (exact) mass is 266 g/mol. The van der Waals surface area contributed by atoms with Crippen molar-refractivity contribution in [3.63, 3.8) is 0 Å². The van der Waals surface area contributed by atoms with E-state index >= 15 is 0 Å². The maximum absolute atomic E-state index is 9.25. The first-order valence-corrected chi connectivity index (χ1v) is 6.10. The van der Waals surface area contributed by atoms with Crippen molar-refractivity contribution >= 4 is 11.6 Å². The van der Waals surface area contributed by atoms with E-state index < -0.39 is 0 Å². The lowest BCUT2D eigenvalue weighted by atomic mass is 10.2. The minimum atomic E-state index is -0.117. The number of ether oxygens (including phenoxy) is 1. The molecule has 1 aromatic heterocycles. The first-order chi connectivity index (χ1) is 8.61. The van der Waals surface area contributed by atoms with Crippen molar-refractivity contribution in [2.45, 2.75) is 26.5 Å². The van der Waals surface area contributed by atoms with Crippen molar-refractivity contribution < 1.29 is 9.84 Å². The highest BCUT2D eigenvalue weighted by Crippen LogP contribution is 2.33. The van der Waals surface area contributed by atoms with Crippen LogP contribution in [0.2, 0.25) is 5.02 Å². The minimum Gasteiger partial charge on any atom is -0.452 e. The Labute approximate surface area is 111 Å². The Kier molecular flexibility index (Phi) is 3.89. The fraction of sp³-hybridized carbons (Fsp3) is 0.308. The molecule has 0 aliphatic rings. The van der Waals surface area contributed by atoms with E-state index in [4.69, 9.17) is 16.3 Å². The molecule has 4 nitrogen and oxygen atoms in total. The number of nitrogens with zero attached hydrogens (tertiary/aromatic N) is 2. The van der Waals surface area contributed by atoms with Crippen molar-refractivity contribution in [1.82, 2.24) is 9.78 Å². The molecule has 0 saturated carbocycles. The smallest absolute Gasteiger partial charge is 0.165 e. The van der Waals surface area contributed by atoms with Gasteiger partial charge in [-0.2, -0.15) is 5.10 Å². The van der Waals surface area contributed by atoms with Crippen molar-refractivity contribution in [1.29, 1.82) is 0 Å². The molecule has 96 valence electrons. The van der Waals surface area contributed by atoms with Gasteiger partial charge in [0.1, 0.15) is 0 Å². The van der Waals surface area contributed by atoms with Gasteiger partial charge < -0.3 is 9.84 Å². The normalized spacial score (nSPS) is 10.9. The summed E-state index contributed by atoms with van der Waals surface area (Å²) in [5.74, 6) is 1.08. The average molecular weight is 267 g/mol. The van der Waals surface area contributed by atoms with E-state index in [1.165, 1.54) is 0 Å². The van der Waals surface area contributed by atoms with Crippen LogP contribution in [0.5, 0.6) is 11.5 Å². The molecule has 0 unspecified atom stereocenters. The maximum atomic E-state index is 9.25. The molecule has 2 aromatic rings. The number of hydrogen-bond donors (Lipinski definition) is 1. The van der Waals surface area contributed by atoms with Gasteiger partial charge in [0.25, 0.3) is 0 Å². The number of para-hydroxylation sites is 1. The highest BCUT2D eigenvalue weighted by atomic mass is 35.5. The molecular formula is C13H15ClN2O2. The highest BCUT2D eigenvalue weighted by Gasteiger charge is 2.10. The van der Waals surface area contributed by atoms with E-state index in [1.807, 2.05) is 13.8 Å². The Morgan fingerprint density at radius 1 is 1.44 bits per heavy atom. The molecule has 0 aliphatic carbocycles. The van der Waals surface area contributed by atoms with Crippen LogP contribution in [-0.2, 0) is 6.61 Å². The molecule has 0 atom stereocenters. The standard InChI is InChI=1S/C13H15ClN2O2/c1-9(2)16-7-11(6-15-16)18-13-10(8-17)4-3-5-12(13)14/h3-7,9,17H,8H2,1-2H3. The molecule has 2 rings (SSSR count). The molecule has 1 N–H and O–H groups in total. The predicted octanol–water partition coefficient (Wildman–Crippen LogP) is 3.40. The zero-order valence-corrected chi connectivity index (χ0v) is 11.1. The van der Waals surface area contributed by atoms with Crippen molar-refractivity contribution in [2.75, 3.05) is 0 Å². The Morgan fingerprint density at radius 3 is 2.83 bits per heavy atom. The lowest BCUT2D eigenvalue weighted by Gasteiger charge is -2.09. The Hall–Kier alpha value is -1.52. The van der Waals surface area contributed by atoms with Crippen LogP contribution in [0.25, 0.3) is 0 Å². The fourth-order valence-electron chi connectivity index (χ4n) is 1.57. The number of aliphatic hydroxyl groups is 1. The molecular weight excluding hydrogens is 252 g/mol. The molecule has 0 spiro atoms. The van der Waals surface area contributed by atoms with E-state index in [0.29, 0.717) is 22.1 Å². The van der Waals surface area contributed by atoms with Crippen LogP contribution in [0.1, 0.15) is 25.5 Å². The van der Waals surface area contributed by atoms with Gasteiger partial charge in [-0.3, -0.25) is 4.68 Å². The summed E-state index contributed by atoms with van der Waals surface area (Å²) in [7, 11) is 0. The number of halogens is 1. The molecule has 1 heterocycles. The molecule has 0 saturated heterocycles. The first kappa shape index (κ1) is 12.9. The Bertz CT molecular complexity index is 538. The molecule has 0 bridgehead atoms. The summed E-state index contributed by atoms with van der Waals surface area (Å²) in [6.45, 7) is 3.95. The van der Waals surface area contributed by atoms with Crippen molar-refractivity contribution in [3.05, 3.63) is 41.2 Å². The van der Waals surface area contributed by atoms with E-state index in [2.05, 4.69) is 5.10 Å². The van der Waals surface area contributed by atoms with E-state index in [1.54, 1.807) is 35.3 Å². The number of benzene rings is 1. The summed E-state index contributed by atoms with van der Waals surface area (Å²) >= 11 is 6.06. The van der Waals surface area contributed by atoms with Crippen LogP contribution in [0.3, 0.4) is 0 Å². The lowest BCUT2D eigenvalue weighted by molar-refractivity contribution is 0.276. The van der Waals surface area contributed by atoms with Crippen LogP contribution >= 0.6 is 11.6 Å². The molecule has 0 radical (unpaired) electrons. The second kappa shape index (κ2) is 5.42. The van der Waals surface area contributed by atoms with Crippen LogP contribution < -0.4 is 4.74 Å². The van der Waals surface area contributed by atoms with Gasteiger partial charge >= 0.3 is 0 Å². The van der Waals surface area contributed by atoms with Crippen LogP contribution in [0.4, 0.5) is 0 Å². The summed E-state index contributed by atoms with van der Waals surface area (Å²) in [5.41, 5.74) is 0.653. The highest BCUT2D eigenvalue weighted by molar-refractivity contribution is 6.32. The number of aliphatic hydroxyl groups excluding tert-OH is 1. The summed E-state index contributed by atoms with van der Waals surface area (Å²) < 4.78 is 7.48. The minimum absolute atomic E-state index is 0.117. The number of rotatable bonds is 4. The molecule has 18 heavy (non-hydrogen) atoms. The topological polar surface area (TPSA) is 47.3 Å². The summed E-state index contributed by atoms with van der Waals surface area (Å²) in [4.78, 5) is 0. The average Bonchev–Trinajstić information content (AvgIpc) is 2.80. The second-order valence-corrected chi connectivity index (χ2v) is 4.65. The Balaban J connectivity index is 2.27. The number of hydrogen-bond acceptors (Lipinski definition) is 3. The fourth-order valence-corrected chi connectivity index (χ4v) is 1.80. The zero-order chi connectivity index (χ0) is 13.1. The lowest BCUT2D eigenvalue weighted by Crippen LogP contribution is -1.99. The van der Waals surface area contributed by atoms with Gasteiger partial charge in [-0.1, -0.05) is 23.7 Å². The van der Waals surface area contributed by atoms with Gasteiger partial charge in [0, 0.05) is 11.6 Å². The molecule has 0 aliphatic heterocycles. The molecule has 0 amide bonds. The molecule has 5 heteroatoms. The van der Waals surface area contributed by atoms with Gasteiger partial charge in [-0.15, -0.1) is 0 Å². The summed E-state index contributed by atoms with van der Waals surface area (Å²) in [6, 6.07) is 5.54. The SMILES string of the molecule is CC(C)n1cc(Oc2c(Cl)cccc2CO)cn1. The second-order valence-electron chi connectivity index (χ2n) is 4.24. The van der Waals surface area contributed by atoms with Gasteiger partial charge in [0.15, 0.2) is 11.5 Å². The quantitative estimate of drug-likeness (QED) is 0.923. The van der Waals surface area contributed by atoms with Crippen LogP contribution in [0, 0.1) is 0 Å². The first-order valence-electron chi connectivity index (χ1n) is 5.72. The van der Waals surface area contributed by atoms with Crippen molar-refractivity contribution in [3.8, 4) is 11.5 Å². The van der Waals surface area contributed by atoms with Gasteiger partial charge in [0.05, 0.1) is 24.0 Å². The van der Waals surface area contributed by atoms with E-state index in [-0.39, 0.29) is 12.6 Å². The van der Waals surface area contributed by atoms with Crippen molar-refractivity contribution in [2.24, 2.45) is 0 Å². The third kappa shape index (κ3) is 2.66. The van der Waals surface area contributed by atoms with Gasteiger partial charge in [-0.05, 0) is 19.9 Å². The molecule has 0 fully saturated rings. The maximum Gasteiger partial charge on any atom is 0.165 e. The molecule has 1 aromatic carbocycles. The number of aromatic nitrogens is 2. The third-order valence-corrected chi connectivity index (χ3v) is 2.84. The van der Waals surface area contributed by atoms with Gasteiger partial charge in [0.2, 0.25) is 0 Å². The third-order valence-electron chi connectivity index (χ3n) is 2.55. The van der Waals surface area contributed by atoms with Crippen LogP contribution in [0.15, 0.2) is 30.6 Å². The largest absolute Gasteiger partial charge is 0.452 e. The Morgan fingerprint density at radius 2 is 2.22 bits per heavy atom. The summed E-state index contributed by atoms with van der Waals surface area (Å²) in [6.07, 6.45) is 3.43. The zero-order valence-electron chi connectivity index (χ0n) is 10.3. The van der Waals surface area contributed by atoms with E-state index in [0.717, 1.165) is 0 Å². The van der Waals surface area contributed by atoms with Crippen LogP contribution in [-0.4, -0.2) is 14.9 Å². The van der Waals surface area contributed by atoms with Gasteiger partial charge in [-0.25, -0.2) is 0 Å². The summed E-state index contributed by atoms with van der Waals surface area (Å²) in [5, 5.41) is 13.9. The van der Waals surface area contributed by atoms with E-state index in [9.17, 15) is 5.11 Å². The predicted molar refractivity (Wildman–Crippen MR) is 70.1 cm³/mol.